The Hall–Kier alpha value is -2.49. The Bertz CT molecular complexity index is 1220. The van der Waals surface area contributed by atoms with Crippen molar-refractivity contribution in [3.05, 3.63) is 58.1 Å². The van der Waals surface area contributed by atoms with E-state index in [0.717, 1.165) is 6.26 Å². The Labute approximate surface area is 242 Å². The van der Waals surface area contributed by atoms with Gasteiger partial charge in [-0.05, 0) is 55.5 Å². The molecule has 2 amide bonds. The minimum atomic E-state index is -3.65. The second-order valence-electron chi connectivity index (χ2n) is 9.66. The molecule has 11 heteroatoms. The lowest BCUT2D eigenvalue weighted by atomic mass is 10.1. The summed E-state index contributed by atoms with van der Waals surface area (Å²) in [5, 5.41) is 3.79. The number of carbonyl (C=O) groups excluding carboxylic acids is 2. The van der Waals surface area contributed by atoms with Gasteiger partial charge in [0.1, 0.15) is 11.8 Å². The van der Waals surface area contributed by atoms with Crippen molar-refractivity contribution in [2.24, 2.45) is 5.92 Å². The first-order valence-corrected chi connectivity index (χ1v) is 15.7. The Morgan fingerprint density at radius 1 is 1.08 bits per heavy atom. The Morgan fingerprint density at radius 2 is 1.77 bits per heavy atom. The minimum absolute atomic E-state index is 0.0298. The van der Waals surface area contributed by atoms with E-state index in [1.807, 2.05) is 27.7 Å². The number of amides is 2. The highest BCUT2D eigenvalue weighted by Crippen LogP contribution is 2.30. The van der Waals surface area contributed by atoms with Gasteiger partial charge in [-0.2, -0.15) is 0 Å². The summed E-state index contributed by atoms with van der Waals surface area (Å²) in [6, 6.07) is 11.2. The number of anilines is 1. The maximum absolute atomic E-state index is 13.6. The molecule has 0 aliphatic heterocycles. The highest BCUT2D eigenvalue weighted by atomic mass is 35.5. The molecule has 0 unspecified atom stereocenters. The van der Waals surface area contributed by atoms with Crippen LogP contribution in [0.1, 0.15) is 52.5 Å². The molecule has 0 saturated carbocycles. The molecule has 0 aromatic heterocycles. The smallest absolute Gasteiger partial charge is 0.242 e. The third-order valence-electron chi connectivity index (χ3n) is 6.01. The first kappa shape index (κ1) is 32.7. The molecule has 8 nitrogen and oxygen atoms in total. The van der Waals surface area contributed by atoms with Gasteiger partial charge in [-0.3, -0.25) is 13.9 Å². The normalized spacial score (nSPS) is 12.2. The average molecular weight is 601 g/mol. The van der Waals surface area contributed by atoms with Gasteiger partial charge in [0.2, 0.25) is 21.8 Å². The van der Waals surface area contributed by atoms with Gasteiger partial charge in [0.15, 0.2) is 0 Å². The van der Waals surface area contributed by atoms with E-state index in [4.69, 9.17) is 27.9 Å². The molecule has 0 heterocycles. The van der Waals surface area contributed by atoms with Crippen LogP contribution in [0.25, 0.3) is 0 Å². The van der Waals surface area contributed by atoms with Crippen LogP contribution in [0.5, 0.6) is 5.75 Å². The predicted octanol–water partition coefficient (Wildman–Crippen LogP) is 5.52. The van der Waals surface area contributed by atoms with Gasteiger partial charge in [0.25, 0.3) is 0 Å². The summed E-state index contributed by atoms with van der Waals surface area (Å²) in [5.41, 5.74) is 1.08. The number of nitrogens with one attached hydrogen (secondary N) is 1. The number of hydrogen-bond acceptors (Lipinski definition) is 5. The number of para-hydroxylation sites is 2. The number of hydrogen-bond donors (Lipinski definition) is 1. The van der Waals surface area contributed by atoms with Crippen LogP contribution in [-0.4, -0.2) is 57.1 Å². The fraction of sp³-hybridized carbons (Fsp3) is 0.500. The summed E-state index contributed by atoms with van der Waals surface area (Å²) < 4.78 is 32.2. The number of sulfonamides is 1. The lowest BCUT2D eigenvalue weighted by Crippen LogP contribution is -2.49. The summed E-state index contributed by atoms with van der Waals surface area (Å²) in [5.74, 6) is 0.179. The van der Waals surface area contributed by atoms with Crippen molar-refractivity contribution in [1.29, 1.82) is 0 Å². The number of ether oxygens (including phenoxy) is 1. The van der Waals surface area contributed by atoms with Crippen LogP contribution in [0.15, 0.2) is 42.5 Å². The van der Waals surface area contributed by atoms with Crippen LogP contribution in [0.2, 0.25) is 10.0 Å². The second kappa shape index (κ2) is 15.3. The van der Waals surface area contributed by atoms with E-state index in [2.05, 4.69) is 5.32 Å². The van der Waals surface area contributed by atoms with Crippen LogP contribution in [0, 0.1) is 5.92 Å². The Balaban J connectivity index is 2.28. The Morgan fingerprint density at radius 3 is 2.36 bits per heavy atom. The number of halogens is 2. The standard InChI is InChI=1S/C28H39Cl2N3O5S/c1-6-24(28(35)31-18-20(3)4)32(19-21-14-15-22(29)17-23(21)30)27(34)13-10-16-33(39(5,36)37)25-11-8-9-12-26(25)38-7-2/h8-9,11-12,14-15,17,20,24H,6-7,10,13,16,18-19H2,1-5H3,(H,31,35)/t24-/m0/s1. The molecular formula is C28H39Cl2N3O5S. The summed E-state index contributed by atoms with van der Waals surface area (Å²) in [6.45, 7) is 8.71. The maximum atomic E-state index is 13.6. The van der Waals surface area contributed by atoms with Crippen molar-refractivity contribution in [1.82, 2.24) is 10.2 Å². The van der Waals surface area contributed by atoms with Crippen LogP contribution < -0.4 is 14.4 Å². The van der Waals surface area contributed by atoms with Gasteiger partial charge >= 0.3 is 0 Å². The van der Waals surface area contributed by atoms with Gasteiger partial charge in [0, 0.05) is 36.1 Å². The van der Waals surface area contributed by atoms with E-state index in [1.54, 1.807) is 42.5 Å². The quantitative estimate of drug-likeness (QED) is 0.291. The maximum Gasteiger partial charge on any atom is 0.242 e. The van der Waals surface area contributed by atoms with Crippen LogP contribution in [0.3, 0.4) is 0 Å². The molecule has 2 rings (SSSR count). The molecule has 1 N–H and O–H groups in total. The molecule has 0 spiro atoms. The van der Waals surface area contributed by atoms with E-state index in [-0.39, 0.29) is 43.7 Å². The van der Waals surface area contributed by atoms with Crippen molar-refractivity contribution >= 4 is 50.7 Å². The lowest BCUT2D eigenvalue weighted by Gasteiger charge is -2.31. The van der Waals surface area contributed by atoms with Crippen molar-refractivity contribution in [3.8, 4) is 5.75 Å². The van der Waals surface area contributed by atoms with Crippen molar-refractivity contribution < 1.29 is 22.7 Å². The van der Waals surface area contributed by atoms with Gasteiger partial charge in [-0.1, -0.05) is 62.2 Å². The van der Waals surface area contributed by atoms with Crippen molar-refractivity contribution in [2.45, 2.75) is 59.5 Å². The molecule has 0 radical (unpaired) electrons. The molecular weight excluding hydrogens is 561 g/mol. The highest BCUT2D eigenvalue weighted by Gasteiger charge is 2.29. The fourth-order valence-corrected chi connectivity index (χ4v) is 5.54. The molecule has 0 bridgehead atoms. The van der Waals surface area contributed by atoms with Crippen molar-refractivity contribution in [3.63, 3.8) is 0 Å². The number of carbonyl (C=O) groups is 2. The first-order valence-electron chi connectivity index (χ1n) is 13.1. The van der Waals surface area contributed by atoms with Crippen LogP contribution in [-0.2, 0) is 26.2 Å². The van der Waals surface area contributed by atoms with Gasteiger partial charge in [0.05, 0.1) is 18.6 Å². The first-order chi connectivity index (χ1) is 18.4. The molecule has 2 aromatic carbocycles. The SMILES string of the molecule is CCOc1ccccc1N(CCCC(=O)N(Cc1ccc(Cl)cc1Cl)[C@@H](CC)C(=O)NCC(C)C)S(C)(=O)=O. The van der Waals surface area contributed by atoms with Crippen LogP contribution >= 0.6 is 23.2 Å². The number of nitrogens with zero attached hydrogens (tertiary/aromatic N) is 2. The molecule has 0 fully saturated rings. The van der Waals surface area contributed by atoms with E-state index >= 15 is 0 Å². The topological polar surface area (TPSA) is 96.0 Å². The molecule has 0 saturated heterocycles. The van der Waals surface area contributed by atoms with Crippen LogP contribution in [0.4, 0.5) is 5.69 Å². The molecule has 0 aliphatic carbocycles. The monoisotopic (exact) mass is 599 g/mol. The van der Waals surface area contributed by atoms with Gasteiger partial charge in [-0.15, -0.1) is 0 Å². The number of rotatable bonds is 15. The summed E-state index contributed by atoms with van der Waals surface area (Å²) in [7, 11) is -3.65. The third kappa shape index (κ3) is 9.89. The second-order valence-corrected chi connectivity index (χ2v) is 12.4. The van der Waals surface area contributed by atoms with E-state index < -0.39 is 16.1 Å². The van der Waals surface area contributed by atoms with E-state index in [0.29, 0.717) is 46.6 Å². The zero-order valence-corrected chi connectivity index (χ0v) is 25.6. The van der Waals surface area contributed by atoms with Gasteiger partial charge in [-0.25, -0.2) is 8.42 Å². The summed E-state index contributed by atoms with van der Waals surface area (Å²) in [6.07, 6.45) is 1.79. The lowest BCUT2D eigenvalue weighted by molar-refractivity contribution is -0.141. The largest absolute Gasteiger partial charge is 0.492 e. The highest BCUT2D eigenvalue weighted by molar-refractivity contribution is 7.92. The number of benzene rings is 2. The fourth-order valence-electron chi connectivity index (χ4n) is 4.10. The molecule has 39 heavy (non-hydrogen) atoms. The summed E-state index contributed by atoms with van der Waals surface area (Å²) >= 11 is 12.5. The van der Waals surface area contributed by atoms with Gasteiger partial charge < -0.3 is 15.0 Å². The van der Waals surface area contributed by atoms with Crippen molar-refractivity contribution in [2.75, 3.05) is 30.3 Å². The molecule has 2 aromatic rings. The zero-order valence-electron chi connectivity index (χ0n) is 23.2. The zero-order chi connectivity index (χ0) is 29.2. The molecule has 216 valence electrons. The summed E-state index contributed by atoms with van der Waals surface area (Å²) in [4.78, 5) is 28.2. The minimum Gasteiger partial charge on any atom is -0.492 e. The van der Waals surface area contributed by atoms with E-state index in [9.17, 15) is 18.0 Å². The molecule has 1 atom stereocenters. The Kier molecular flexibility index (Phi) is 12.9. The molecule has 0 aliphatic rings. The third-order valence-corrected chi connectivity index (χ3v) is 7.78. The average Bonchev–Trinajstić information content (AvgIpc) is 2.86. The van der Waals surface area contributed by atoms with E-state index in [1.165, 1.54) is 9.21 Å². The predicted molar refractivity (Wildman–Crippen MR) is 158 cm³/mol.